The van der Waals surface area contributed by atoms with Gasteiger partial charge in [0.15, 0.2) is 5.16 Å². The van der Waals surface area contributed by atoms with E-state index in [-0.39, 0.29) is 17.5 Å². The van der Waals surface area contributed by atoms with Gasteiger partial charge in [0.1, 0.15) is 0 Å². The Hall–Kier alpha value is -1.57. The van der Waals surface area contributed by atoms with Gasteiger partial charge >= 0.3 is 0 Å². The minimum atomic E-state index is -0.167. The van der Waals surface area contributed by atoms with E-state index in [1.165, 1.54) is 18.7 Å². The van der Waals surface area contributed by atoms with Gasteiger partial charge in [-0.25, -0.2) is 5.01 Å². The van der Waals surface area contributed by atoms with E-state index in [0.29, 0.717) is 17.1 Å². The number of hydrogen-bond donors (Lipinski definition) is 2. The van der Waals surface area contributed by atoms with Gasteiger partial charge < -0.3 is 5.32 Å². The van der Waals surface area contributed by atoms with E-state index in [4.69, 9.17) is 0 Å². The van der Waals surface area contributed by atoms with Crippen LogP contribution in [0.4, 0.5) is 11.9 Å². The predicted molar refractivity (Wildman–Crippen MR) is 86.4 cm³/mol. The second-order valence-electron chi connectivity index (χ2n) is 5.95. The van der Waals surface area contributed by atoms with Crippen LogP contribution in [0.3, 0.4) is 0 Å². The first-order chi connectivity index (χ1) is 9.62. The summed E-state index contributed by atoms with van der Waals surface area (Å²) in [5, 5.41) is 5.46. The Morgan fingerprint density at radius 1 is 1.24 bits per heavy atom. The third-order valence-electron chi connectivity index (χ3n) is 2.28. The highest BCUT2D eigenvalue weighted by Gasteiger charge is 2.19. The number of aromatic nitrogens is 3. The molecule has 0 atom stereocenters. The van der Waals surface area contributed by atoms with Crippen molar-refractivity contribution in [1.82, 2.24) is 20.4 Å². The molecule has 1 rings (SSSR count). The lowest BCUT2D eigenvalue weighted by molar-refractivity contribution is -0.119. The third kappa shape index (κ3) is 5.74. The van der Waals surface area contributed by atoms with Gasteiger partial charge in [-0.2, -0.15) is 15.0 Å². The molecule has 7 nitrogen and oxygen atoms in total. The van der Waals surface area contributed by atoms with Gasteiger partial charge in [-0.3, -0.25) is 10.2 Å². The van der Waals surface area contributed by atoms with E-state index in [1.807, 2.05) is 40.9 Å². The number of thioether (sulfide) groups is 1. The standard InChI is InChI=1S/C13H24N6OS/c1-8(2)19(18-9(3)20)11-14-10(17-13(4,5)6)15-12(16-11)21-7/h8H,1-7H3,(H,18,20)(H,14,15,16,17). The number of amides is 1. The summed E-state index contributed by atoms with van der Waals surface area (Å²) in [5.74, 6) is 0.749. The number of rotatable bonds is 5. The zero-order valence-corrected chi connectivity index (χ0v) is 14.5. The minimum Gasteiger partial charge on any atom is -0.349 e. The third-order valence-corrected chi connectivity index (χ3v) is 2.83. The van der Waals surface area contributed by atoms with Gasteiger partial charge in [0, 0.05) is 18.5 Å². The number of carbonyl (C=O) groups is 1. The van der Waals surface area contributed by atoms with Crippen LogP contribution in [0.25, 0.3) is 0 Å². The molecule has 118 valence electrons. The fraction of sp³-hybridized carbons (Fsp3) is 0.692. The molecule has 0 saturated heterocycles. The molecule has 0 aliphatic heterocycles. The smallest absolute Gasteiger partial charge is 0.250 e. The quantitative estimate of drug-likeness (QED) is 0.636. The lowest BCUT2D eigenvalue weighted by Crippen LogP contribution is -2.47. The Morgan fingerprint density at radius 3 is 2.29 bits per heavy atom. The van der Waals surface area contributed by atoms with Crippen LogP contribution in [-0.2, 0) is 4.79 Å². The predicted octanol–water partition coefficient (Wildman–Crippen LogP) is 2.07. The lowest BCUT2D eigenvalue weighted by atomic mass is 10.1. The van der Waals surface area contributed by atoms with Gasteiger partial charge in [-0.05, 0) is 40.9 Å². The molecular weight excluding hydrogens is 288 g/mol. The van der Waals surface area contributed by atoms with Crippen molar-refractivity contribution in [1.29, 1.82) is 0 Å². The van der Waals surface area contributed by atoms with Crippen LogP contribution >= 0.6 is 11.8 Å². The summed E-state index contributed by atoms with van der Waals surface area (Å²) in [5.41, 5.74) is 2.58. The Morgan fingerprint density at radius 2 is 1.86 bits per heavy atom. The van der Waals surface area contributed by atoms with E-state index >= 15 is 0 Å². The van der Waals surface area contributed by atoms with Gasteiger partial charge in [-0.1, -0.05) is 11.8 Å². The van der Waals surface area contributed by atoms with Gasteiger partial charge in [0.25, 0.3) is 5.95 Å². The summed E-state index contributed by atoms with van der Waals surface area (Å²) < 4.78 is 0. The molecule has 1 heterocycles. The van der Waals surface area contributed by atoms with Crippen molar-refractivity contribution in [2.45, 2.75) is 58.3 Å². The number of nitrogens with one attached hydrogen (secondary N) is 2. The first-order valence-electron chi connectivity index (χ1n) is 6.77. The zero-order chi connectivity index (χ0) is 16.2. The van der Waals surface area contributed by atoms with Crippen molar-refractivity contribution < 1.29 is 4.79 Å². The lowest BCUT2D eigenvalue weighted by Gasteiger charge is -2.27. The van der Waals surface area contributed by atoms with Crippen LogP contribution in [0.1, 0.15) is 41.5 Å². The van der Waals surface area contributed by atoms with Crippen LogP contribution in [-0.4, -0.2) is 38.7 Å². The summed E-state index contributed by atoms with van der Waals surface area (Å²) >= 11 is 1.43. The van der Waals surface area contributed by atoms with Crippen LogP contribution in [0.15, 0.2) is 5.16 Å². The minimum absolute atomic E-state index is 0.0218. The number of anilines is 2. The van der Waals surface area contributed by atoms with E-state index in [1.54, 1.807) is 5.01 Å². The average Bonchev–Trinajstić information content (AvgIpc) is 2.32. The maximum absolute atomic E-state index is 11.4. The van der Waals surface area contributed by atoms with Crippen molar-refractivity contribution in [3.63, 3.8) is 0 Å². The number of nitrogens with zero attached hydrogens (tertiary/aromatic N) is 4. The van der Waals surface area contributed by atoms with E-state index in [2.05, 4.69) is 25.7 Å². The summed E-state index contributed by atoms with van der Waals surface area (Å²) in [6, 6.07) is 0.0218. The van der Waals surface area contributed by atoms with Crippen molar-refractivity contribution in [3.05, 3.63) is 0 Å². The number of carbonyl (C=O) groups excluding carboxylic acids is 1. The second-order valence-corrected chi connectivity index (χ2v) is 6.73. The Kier molecular flexibility index (Phi) is 5.77. The highest BCUT2D eigenvalue weighted by Crippen LogP contribution is 2.19. The molecule has 0 radical (unpaired) electrons. The molecule has 1 aromatic rings. The number of hydrazine groups is 1. The van der Waals surface area contributed by atoms with Crippen molar-refractivity contribution in [2.75, 3.05) is 16.6 Å². The average molecular weight is 312 g/mol. The fourth-order valence-corrected chi connectivity index (χ4v) is 1.87. The normalized spacial score (nSPS) is 11.4. The molecule has 0 unspecified atom stereocenters. The monoisotopic (exact) mass is 312 g/mol. The maximum atomic E-state index is 11.4. The Balaban J connectivity index is 3.20. The molecule has 0 aromatic carbocycles. The molecule has 0 saturated carbocycles. The molecule has 1 amide bonds. The molecule has 0 bridgehead atoms. The highest BCUT2D eigenvalue weighted by molar-refractivity contribution is 7.98. The topological polar surface area (TPSA) is 83.0 Å². The summed E-state index contributed by atoms with van der Waals surface area (Å²) in [6.45, 7) is 11.5. The van der Waals surface area contributed by atoms with Crippen molar-refractivity contribution in [3.8, 4) is 0 Å². The van der Waals surface area contributed by atoms with Gasteiger partial charge in [0.05, 0.1) is 0 Å². The molecule has 0 aliphatic rings. The molecule has 21 heavy (non-hydrogen) atoms. The van der Waals surface area contributed by atoms with Crippen LogP contribution in [0, 0.1) is 0 Å². The first kappa shape index (κ1) is 17.5. The first-order valence-corrected chi connectivity index (χ1v) is 7.99. The van der Waals surface area contributed by atoms with Crippen molar-refractivity contribution in [2.24, 2.45) is 0 Å². The highest BCUT2D eigenvalue weighted by atomic mass is 32.2. The number of hydrogen-bond acceptors (Lipinski definition) is 7. The fourth-order valence-electron chi connectivity index (χ4n) is 1.52. The molecule has 0 spiro atoms. The molecular formula is C13H24N6OS. The second kappa shape index (κ2) is 6.93. The molecule has 0 fully saturated rings. The largest absolute Gasteiger partial charge is 0.349 e. The summed E-state index contributed by atoms with van der Waals surface area (Å²) in [7, 11) is 0. The van der Waals surface area contributed by atoms with Crippen molar-refractivity contribution >= 4 is 29.6 Å². The van der Waals surface area contributed by atoms with Gasteiger partial charge in [-0.15, -0.1) is 0 Å². The Bertz CT molecular complexity index is 500. The molecule has 8 heteroatoms. The maximum Gasteiger partial charge on any atom is 0.250 e. The van der Waals surface area contributed by atoms with Gasteiger partial charge in [0.2, 0.25) is 11.9 Å². The molecule has 1 aromatic heterocycles. The summed E-state index contributed by atoms with van der Waals surface area (Å²) in [4.78, 5) is 24.5. The van der Waals surface area contributed by atoms with Crippen LogP contribution < -0.4 is 15.8 Å². The van der Waals surface area contributed by atoms with Crippen LogP contribution in [0.2, 0.25) is 0 Å². The zero-order valence-electron chi connectivity index (χ0n) is 13.7. The van der Waals surface area contributed by atoms with E-state index in [9.17, 15) is 4.79 Å². The molecule has 0 aliphatic carbocycles. The molecule has 2 N–H and O–H groups in total. The van der Waals surface area contributed by atoms with Crippen LogP contribution in [0.5, 0.6) is 0 Å². The SMILES string of the molecule is CSc1nc(NC(C)(C)C)nc(N(NC(C)=O)C(C)C)n1. The van der Waals surface area contributed by atoms with E-state index < -0.39 is 0 Å². The Labute approximate surface area is 130 Å². The van der Waals surface area contributed by atoms with E-state index in [0.717, 1.165) is 0 Å². The summed E-state index contributed by atoms with van der Waals surface area (Å²) in [6.07, 6.45) is 1.90.